The van der Waals surface area contributed by atoms with Gasteiger partial charge in [-0.05, 0) is 67.8 Å². The summed E-state index contributed by atoms with van der Waals surface area (Å²) in [7, 11) is -4.37. The number of hydrogen-bond donors (Lipinski definition) is 1. The number of nitrogens with one attached hydrogen (secondary N) is 1. The lowest BCUT2D eigenvalue weighted by atomic mass is 9.94. The second kappa shape index (κ2) is 16.6. The van der Waals surface area contributed by atoms with Crippen molar-refractivity contribution in [3.63, 3.8) is 0 Å². The standard InChI is InChI=1S/C37H37Cl4N3O4S/c1-25-15-18-29(19-16-25)49(47,48)44(34-22-27(38)17-20-33(34)41)24-36(45)43(23-30-31(39)13-8-14-32(30)40)35(21-26-9-4-2-5-10-26)37(46)42-28-11-6-3-7-12-28/h2,4-5,8-10,13-20,22,28,35H,3,6-7,11-12,21,23-24H2,1H3,(H,42,46)/t35-/m1/s1. The van der Waals surface area contributed by atoms with Gasteiger partial charge in [0.2, 0.25) is 11.8 Å². The van der Waals surface area contributed by atoms with E-state index in [1.807, 2.05) is 37.3 Å². The van der Waals surface area contributed by atoms with E-state index in [9.17, 15) is 18.0 Å². The molecule has 0 aliphatic heterocycles. The number of carbonyl (C=O) groups is 2. The number of hydrogen-bond acceptors (Lipinski definition) is 4. The van der Waals surface area contributed by atoms with Crippen molar-refractivity contribution in [2.45, 2.75) is 69.0 Å². The number of aryl methyl sites for hydroxylation is 1. The van der Waals surface area contributed by atoms with Crippen LogP contribution in [0.25, 0.3) is 0 Å². The van der Waals surface area contributed by atoms with E-state index >= 15 is 0 Å². The first-order valence-corrected chi connectivity index (χ1v) is 19.0. The van der Waals surface area contributed by atoms with Gasteiger partial charge < -0.3 is 10.2 Å². The molecule has 4 aromatic rings. The minimum atomic E-state index is -4.37. The zero-order valence-corrected chi connectivity index (χ0v) is 30.8. The molecule has 0 saturated heterocycles. The van der Waals surface area contributed by atoms with Crippen LogP contribution in [0, 0.1) is 6.92 Å². The summed E-state index contributed by atoms with van der Waals surface area (Å²) in [5.41, 5.74) is 2.12. The van der Waals surface area contributed by atoms with Crippen LogP contribution in [0.2, 0.25) is 20.1 Å². The number of carbonyl (C=O) groups excluding carboxylic acids is 2. The zero-order chi connectivity index (χ0) is 35.1. The number of rotatable bonds is 12. The van der Waals surface area contributed by atoms with E-state index in [0.717, 1.165) is 47.5 Å². The highest BCUT2D eigenvalue weighted by atomic mass is 35.5. The normalized spacial score (nSPS) is 14.2. The number of nitrogens with zero attached hydrogens (tertiary/aromatic N) is 2. The van der Waals surface area contributed by atoms with Crippen LogP contribution in [0.1, 0.15) is 48.8 Å². The fourth-order valence-corrected chi connectivity index (χ4v) is 8.36. The highest BCUT2D eigenvalue weighted by Gasteiger charge is 2.36. The molecule has 0 heterocycles. The Labute approximate surface area is 308 Å². The molecule has 0 radical (unpaired) electrons. The Hall–Kier alpha value is -3.27. The van der Waals surface area contributed by atoms with E-state index in [0.29, 0.717) is 15.6 Å². The van der Waals surface area contributed by atoms with Gasteiger partial charge >= 0.3 is 0 Å². The molecule has 1 aliphatic carbocycles. The van der Waals surface area contributed by atoms with Crippen molar-refractivity contribution >= 4 is 73.9 Å². The van der Waals surface area contributed by atoms with Gasteiger partial charge in [0.05, 0.1) is 15.6 Å². The van der Waals surface area contributed by atoms with Crippen molar-refractivity contribution in [1.29, 1.82) is 0 Å². The van der Waals surface area contributed by atoms with E-state index in [-0.39, 0.29) is 45.5 Å². The minimum absolute atomic E-state index is 0.0186. The monoisotopic (exact) mass is 759 g/mol. The van der Waals surface area contributed by atoms with Gasteiger partial charge in [-0.25, -0.2) is 8.42 Å². The highest BCUT2D eigenvalue weighted by molar-refractivity contribution is 7.92. The number of halogens is 4. The van der Waals surface area contributed by atoms with Gasteiger partial charge in [-0.1, -0.05) is 120 Å². The topological polar surface area (TPSA) is 86.8 Å². The third-order valence-corrected chi connectivity index (χ3v) is 11.7. The van der Waals surface area contributed by atoms with Gasteiger partial charge in [0.25, 0.3) is 10.0 Å². The summed E-state index contributed by atoms with van der Waals surface area (Å²) in [6.07, 6.45) is 4.94. The molecule has 5 rings (SSSR count). The lowest BCUT2D eigenvalue weighted by Crippen LogP contribution is -2.55. The van der Waals surface area contributed by atoms with Crippen LogP contribution in [0.3, 0.4) is 0 Å². The third-order valence-electron chi connectivity index (χ3n) is 8.68. The van der Waals surface area contributed by atoms with Crippen molar-refractivity contribution < 1.29 is 18.0 Å². The van der Waals surface area contributed by atoms with Crippen molar-refractivity contribution in [2.75, 3.05) is 10.8 Å². The van der Waals surface area contributed by atoms with Crippen LogP contribution < -0.4 is 9.62 Å². The first-order chi connectivity index (χ1) is 23.4. The molecule has 0 bridgehead atoms. The molecule has 258 valence electrons. The molecule has 0 unspecified atom stereocenters. The zero-order valence-electron chi connectivity index (χ0n) is 26.9. The number of sulfonamides is 1. The summed E-state index contributed by atoms with van der Waals surface area (Å²) in [6.45, 7) is 0.990. The van der Waals surface area contributed by atoms with Crippen LogP contribution in [0.4, 0.5) is 5.69 Å². The Morgan fingerprint density at radius 3 is 2.12 bits per heavy atom. The quantitative estimate of drug-likeness (QED) is 0.156. The maximum Gasteiger partial charge on any atom is 0.264 e. The van der Waals surface area contributed by atoms with Crippen LogP contribution in [-0.2, 0) is 32.6 Å². The Kier molecular flexibility index (Phi) is 12.6. The van der Waals surface area contributed by atoms with Gasteiger partial charge in [0, 0.05) is 39.6 Å². The van der Waals surface area contributed by atoms with Crippen molar-refractivity contribution in [3.05, 3.63) is 128 Å². The van der Waals surface area contributed by atoms with Crippen LogP contribution in [-0.4, -0.2) is 43.8 Å². The summed E-state index contributed by atoms with van der Waals surface area (Å²) in [5.74, 6) is -1.01. The summed E-state index contributed by atoms with van der Waals surface area (Å²) in [6, 6.07) is 24.0. The molecule has 1 atom stereocenters. The van der Waals surface area contributed by atoms with E-state index in [2.05, 4.69) is 5.32 Å². The van der Waals surface area contributed by atoms with Crippen LogP contribution in [0.5, 0.6) is 0 Å². The highest BCUT2D eigenvalue weighted by Crippen LogP contribution is 2.34. The first-order valence-electron chi connectivity index (χ1n) is 16.0. The van der Waals surface area contributed by atoms with E-state index in [1.165, 1.54) is 35.2 Å². The summed E-state index contributed by atoms with van der Waals surface area (Å²) in [4.78, 5) is 30.4. The first kappa shape index (κ1) is 37.0. The summed E-state index contributed by atoms with van der Waals surface area (Å²) >= 11 is 26.2. The molecule has 2 amide bonds. The van der Waals surface area contributed by atoms with Gasteiger partial charge in [-0.15, -0.1) is 0 Å². The average molecular weight is 762 g/mol. The molecule has 1 aliphatic rings. The lowest BCUT2D eigenvalue weighted by molar-refractivity contribution is -0.140. The largest absolute Gasteiger partial charge is 0.352 e. The van der Waals surface area contributed by atoms with Gasteiger partial charge in [0.1, 0.15) is 12.6 Å². The second-order valence-corrected chi connectivity index (χ2v) is 15.7. The molecule has 7 nitrogen and oxygen atoms in total. The van der Waals surface area contributed by atoms with Gasteiger partial charge in [0.15, 0.2) is 0 Å². The van der Waals surface area contributed by atoms with E-state index < -0.39 is 28.5 Å². The average Bonchev–Trinajstić information content (AvgIpc) is 3.08. The fraction of sp³-hybridized carbons (Fsp3) is 0.297. The molecule has 0 spiro atoms. The molecule has 0 aromatic heterocycles. The van der Waals surface area contributed by atoms with Crippen molar-refractivity contribution in [2.24, 2.45) is 0 Å². The molecule has 1 N–H and O–H groups in total. The molecule has 12 heteroatoms. The fourth-order valence-electron chi connectivity index (χ4n) is 5.98. The maximum absolute atomic E-state index is 14.8. The SMILES string of the molecule is Cc1ccc(S(=O)(=O)N(CC(=O)N(Cc2c(Cl)cccc2Cl)[C@H](Cc2ccccc2)C(=O)NC2CCCCC2)c2cc(Cl)ccc2Cl)cc1. The van der Waals surface area contributed by atoms with E-state index in [1.54, 1.807) is 30.3 Å². The van der Waals surface area contributed by atoms with Gasteiger partial charge in [-0.2, -0.15) is 0 Å². The number of benzene rings is 4. The van der Waals surface area contributed by atoms with Crippen LogP contribution >= 0.6 is 46.4 Å². The number of anilines is 1. The molecular formula is C37H37Cl4N3O4S. The third kappa shape index (κ3) is 9.30. The molecule has 4 aromatic carbocycles. The van der Waals surface area contributed by atoms with E-state index in [4.69, 9.17) is 46.4 Å². The predicted octanol–water partition coefficient (Wildman–Crippen LogP) is 8.89. The van der Waals surface area contributed by atoms with Crippen molar-refractivity contribution in [1.82, 2.24) is 10.2 Å². The second-order valence-electron chi connectivity index (χ2n) is 12.2. The smallest absolute Gasteiger partial charge is 0.264 e. The number of amides is 2. The van der Waals surface area contributed by atoms with Gasteiger partial charge in [-0.3, -0.25) is 13.9 Å². The Balaban J connectivity index is 1.61. The molecule has 1 saturated carbocycles. The summed E-state index contributed by atoms with van der Waals surface area (Å²) < 4.78 is 29.6. The lowest BCUT2D eigenvalue weighted by Gasteiger charge is -2.35. The molecule has 1 fully saturated rings. The Morgan fingerprint density at radius 2 is 1.47 bits per heavy atom. The minimum Gasteiger partial charge on any atom is -0.352 e. The Morgan fingerprint density at radius 1 is 0.816 bits per heavy atom. The predicted molar refractivity (Wildman–Crippen MR) is 198 cm³/mol. The molecular weight excluding hydrogens is 724 g/mol. The maximum atomic E-state index is 14.8. The summed E-state index contributed by atoms with van der Waals surface area (Å²) in [5, 5.41) is 4.09. The Bertz CT molecular complexity index is 1870. The molecule has 49 heavy (non-hydrogen) atoms. The van der Waals surface area contributed by atoms with Crippen LogP contribution in [0.15, 0.2) is 95.9 Å². The van der Waals surface area contributed by atoms with Crippen molar-refractivity contribution in [3.8, 4) is 0 Å².